The highest BCUT2D eigenvalue weighted by Crippen LogP contribution is 2.38. The zero-order valence-electron chi connectivity index (χ0n) is 22.0. The van der Waals surface area contributed by atoms with E-state index in [1.807, 2.05) is 13.8 Å². The molecule has 0 saturated heterocycles. The number of esters is 1. The van der Waals surface area contributed by atoms with Gasteiger partial charge in [0.25, 0.3) is 5.91 Å². The van der Waals surface area contributed by atoms with Crippen LogP contribution in [0, 0.1) is 11.8 Å². The number of nitrogens with zero attached hydrogens (tertiary/aromatic N) is 1. The van der Waals surface area contributed by atoms with E-state index in [-0.39, 0.29) is 33.6 Å². The topological polar surface area (TPSA) is 97.8 Å². The van der Waals surface area contributed by atoms with Crippen LogP contribution in [0.3, 0.4) is 0 Å². The van der Waals surface area contributed by atoms with Crippen LogP contribution >= 0.6 is 15.9 Å². The first-order chi connectivity index (χ1) is 15.8. The number of carbonyl (C=O) groups is 2. The Morgan fingerprint density at radius 3 is 2.21 bits per heavy atom. The molecule has 2 N–H and O–H groups in total. The van der Waals surface area contributed by atoms with E-state index in [0.717, 1.165) is 6.42 Å². The van der Waals surface area contributed by atoms with Crippen molar-refractivity contribution in [3.63, 3.8) is 0 Å². The number of rotatable bonds is 10. The van der Waals surface area contributed by atoms with Gasteiger partial charge in [0, 0.05) is 15.4 Å². The Balaban J connectivity index is 0.000000718. The lowest BCUT2D eigenvalue weighted by atomic mass is 9.92. The van der Waals surface area contributed by atoms with Gasteiger partial charge in [-0.25, -0.2) is 9.78 Å². The minimum Gasteiger partial charge on any atom is -0.477 e. The second kappa shape index (κ2) is 13.6. The lowest BCUT2D eigenvalue weighted by Gasteiger charge is -2.30. The van der Waals surface area contributed by atoms with Gasteiger partial charge >= 0.3 is 5.97 Å². The summed E-state index contributed by atoms with van der Waals surface area (Å²) >= 11 is 3.37. The van der Waals surface area contributed by atoms with Crippen molar-refractivity contribution in [1.82, 2.24) is 10.3 Å². The van der Waals surface area contributed by atoms with Crippen molar-refractivity contribution >= 4 is 36.6 Å². The molecular weight excluding hydrogens is 516 g/mol. The molecule has 7 nitrogen and oxygen atoms in total. The summed E-state index contributed by atoms with van der Waals surface area (Å²) < 4.78 is 11.5. The normalized spacial score (nSPS) is 17.5. The van der Waals surface area contributed by atoms with Gasteiger partial charge < -0.3 is 19.9 Å². The fraction of sp³-hybridized carbons (Fsp3) is 0.720. The Labute approximate surface area is 215 Å². The third kappa shape index (κ3) is 8.96. The van der Waals surface area contributed by atoms with Crippen molar-refractivity contribution in [3.8, 4) is 5.88 Å². The summed E-state index contributed by atoms with van der Waals surface area (Å²) in [5.74, 6) is 0.0258. The number of aromatic nitrogens is 1. The SMILES string of the molecule is CCOC(=O)C(CC)(CC)NC(=O)c1ccc(Br)c(OC[C@H]2C[C@@H]2CO)n1.C[SiH](C)C(C)(C)C. The van der Waals surface area contributed by atoms with Crippen LogP contribution in [0.15, 0.2) is 16.6 Å². The summed E-state index contributed by atoms with van der Waals surface area (Å²) in [6, 6.07) is 3.26. The molecule has 0 unspecified atom stereocenters. The van der Waals surface area contributed by atoms with E-state index in [2.05, 4.69) is 60.1 Å². The maximum absolute atomic E-state index is 12.7. The van der Waals surface area contributed by atoms with Crippen molar-refractivity contribution in [2.45, 2.75) is 84.5 Å². The molecule has 2 atom stereocenters. The summed E-state index contributed by atoms with van der Waals surface area (Å²) in [6.07, 6.45) is 1.76. The standard InChI is InChI=1S/C19H27BrN2O5.C6H16Si/c1-4-19(5-2,18(25)26-6-3)22-16(24)15-8-7-14(20)17(21-15)27-11-13-9-12(13)10-23;1-6(2,3)7(4)5/h7-8,12-13,23H,4-6,9-11H2,1-3H3,(H,22,24);7H,1-5H3/t12-,13-;/m1./s1. The number of amides is 1. The molecule has 1 amide bonds. The predicted octanol–water partition coefficient (Wildman–Crippen LogP) is 4.98. The van der Waals surface area contributed by atoms with Crippen LogP contribution in [0.5, 0.6) is 5.88 Å². The second-order valence-corrected chi connectivity index (χ2v) is 15.1. The zero-order valence-corrected chi connectivity index (χ0v) is 24.8. The van der Waals surface area contributed by atoms with Gasteiger partial charge in [-0.15, -0.1) is 0 Å². The van der Waals surface area contributed by atoms with Crippen molar-refractivity contribution < 1.29 is 24.2 Å². The van der Waals surface area contributed by atoms with E-state index in [1.165, 1.54) is 0 Å². The maximum Gasteiger partial charge on any atom is 0.331 e. The number of aliphatic hydroxyl groups excluding tert-OH is 1. The maximum atomic E-state index is 12.7. The first kappa shape index (κ1) is 30.6. The molecule has 1 aliphatic rings. The summed E-state index contributed by atoms with van der Waals surface area (Å²) in [5, 5.41) is 12.5. The smallest absolute Gasteiger partial charge is 0.331 e. The minimum atomic E-state index is -1.08. The summed E-state index contributed by atoms with van der Waals surface area (Å²) in [4.78, 5) is 29.3. The van der Waals surface area contributed by atoms with Crippen molar-refractivity contribution in [2.24, 2.45) is 11.8 Å². The monoisotopic (exact) mass is 558 g/mol. The number of ether oxygens (including phenoxy) is 2. The molecule has 1 aromatic heterocycles. The lowest BCUT2D eigenvalue weighted by Crippen LogP contribution is -2.54. The van der Waals surface area contributed by atoms with Gasteiger partial charge in [-0.2, -0.15) is 0 Å². The Bertz CT molecular complexity index is 809. The van der Waals surface area contributed by atoms with Crippen LogP contribution in [0.1, 0.15) is 71.3 Å². The van der Waals surface area contributed by atoms with E-state index in [0.29, 0.717) is 40.8 Å². The molecule has 9 heteroatoms. The Hall–Kier alpha value is -1.45. The van der Waals surface area contributed by atoms with E-state index < -0.39 is 17.4 Å². The Morgan fingerprint density at radius 2 is 1.76 bits per heavy atom. The Morgan fingerprint density at radius 1 is 1.18 bits per heavy atom. The fourth-order valence-corrected chi connectivity index (χ4v) is 3.23. The summed E-state index contributed by atoms with van der Waals surface area (Å²) in [6.45, 7) is 18.0. The molecule has 194 valence electrons. The van der Waals surface area contributed by atoms with Crippen LogP contribution in [0.2, 0.25) is 18.1 Å². The summed E-state index contributed by atoms with van der Waals surface area (Å²) in [5.41, 5.74) is -0.913. The molecule has 0 aliphatic heterocycles. The quantitative estimate of drug-likeness (QED) is 0.310. The predicted molar refractivity (Wildman–Crippen MR) is 142 cm³/mol. The van der Waals surface area contributed by atoms with Gasteiger partial charge in [0.15, 0.2) is 0 Å². The third-order valence-corrected chi connectivity index (χ3v) is 10.8. The molecular formula is C25H43BrN2O5Si. The first-order valence-electron chi connectivity index (χ1n) is 12.2. The molecule has 1 saturated carbocycles. The molecule has 2 rings (SSSR count). The van der Waals surface area contributed by atoms with Gasteiger partial charge in [0.2, 0.25) is 5.88 Å². The van der Waals surface area contributed by atoms with Gasteiger partial charge in [-0.3, -0.25) is 4.79 Å². The average molecular weight is 560 g/mol. The van der Waals surface area contributed by atoms with Crippen molar-refractivity contribution in [1.29, 1.82) is 0 Å². The first-order valence-corrected chi connectivity index (χ1v) is 15.9. The number of carbonyl (C=O) groups excluding carboxylic acids is 2. The molecule has 0 spiro atoms. The van der Waals surface area contributed by atoms with Gasteiger partial charge in [0.1, 0.15) is 11.2 Å². The summed E-state index contributed by atoms with van der Waals surface area (Å²) in [7, 11) is -0.359. The van der Waals surface area contributed by atoms with Crippen LogP contribution in [-0.2, 0) is 9.53 Å². The molecule has 1 aliphatic carbocycles. The van der Waals surface area contributed by atoms with Gasteiger partial charge in [-0.1, -0.05) is 47.7 Å². The number of pyridine rings is 1. The zero-order chi connectivity index (χ0) is 26.1. The molecule has 0 bridgehead atoms. The Kier molecular flexibility index (Phi) is 12.2. The van der Waals surface area contributed by atoms with Crippen LogP contribution in [-0.4, -0.2) is 56.1 Å². The lowest BCUT2D eigenvalue weighted by molar-refractivity contribution is -0.151. The molecule has 0 aromatic carbocycles. The number of nitrogens with one attached hydrogen (secondary N) is 1. The second-order valence-electron chi connectivity index (χ2n) is 10.2. The number of hydrogen-bond donors (Lipinski definition) is 2. The molecule has 0 radical (unpaired) electrons. The largest absolute Gasteiger partial charge is 0.477 e. The van der Waals surface area contributed by atoms with Crippen LogP contribution in [0.25, 0.3) is 0 Å². The minimum absolute atomic E-state index is 0.162. The highest BCUT2D eigenvalue weighted by atomic mass is 79.9. The van der Waals surface area contributed by atoms with Crippen molar-refractivity contribution in [3.05, 3.63) is 22.3 Å². The molecule has 34 heavy (non-hydrogen) atoms. The van der Waals surface area contributed by atoms with E-state index in [4.69, 9.17) is 14.6 Å². The van der Waals surface area contributed by atoms with Crippen LogP contribution in [0.4, 0.5) is 0 Å². The highest BCUT2D eigenvalue weighted by Gasteiger charge is 2.39. The van der Waals surface area contributed by atoms with Gasteiger partial charge in [-0.05, 0) is 71.1 Å². The molecule has 1 fully saturated rings. The third-order valence-electron chi connectivity index (χ3n) is 6.74. The number of aliphatic hydroxyl groups is 1. The van der Waals surface area contributed by atoms with E-state index in [1.54, 1.807) is 19.1 Å². The number of halogens is 1. The van der Waals surface area contributed by atoms with Gasteiger partial charge in [0.05, 0.1) is 17.7 Å². The average Bonchev–Trinajstić information content (AvgIpc) is 3.55. The molecule has 1 heterocycles. The van der Waals surface area contributed by atoms with Crippen LogP contribution < -0.4 is 10.1 Å². The highest BCUT2D eigenvalue weighted by molar-refractivity contribution is 9.10. The molecule has 1 aromatic rings. The van der Waals surface area contributed by atoms with Crippen molar-refractivity contribution in [2.75, 3.05) is 19.8 Å². The van der Waals surface area contributed by atoms with E-state index in [9.17, 15) is 9.59 Å². The number of hydrogen-bond acceptors (Lipinski definition) is 6. The van der Waals surface area contributed by atoms with E-state index >= 15 is 0 Å². The fourth-order valence-electron chi connectivity index (χ4n) is 2.89.